The maximum absolute atomic E-state index is 13.0. The molecule has 2 saturated heterocycles. The van der Waals surface area contributed by atoms with Crippen molar-refractivity contribution in [1.82, 2.24) is 14.9 Å². The van der Waals surface area contributed by atoms with Crippen LogP contribution in [0, 0.1) is 11.7 Å². The van der Waals surface area contributed by atoms with E-state index in [0.717, 1.165) is 19.4 Å². The van der Waals surface area contributed by atoms with Gasteiger partial charge in [-0.15, -0.1) is 0 Å². The van der Waals surface area contributed by atoms with E-state index in [9.17, 15) is 9.18 Å². The molecule has 6 nitrogen and oxygen atoms in total. The number of carbonyl (C=O) groups excluding carboxylic acids is 1. The predicted molar refractivity (Wildman–Crippen MR) is 86.0 cm³/mol. The van der Waals surface area contributed by atoms with E-state index in [1.165, 1.54) is 25.2 Å². The molecule has 3 fully saturated rings. The first-order chi connectivity index (χ1) is 11.6. The van der Waals surface area contributed by atoms with Crippen LogP contribution in [0.1, 0.15) is 32.1 Å². The van der Waals surface area contributed by atoms with Gasteiger partial charge >= 0.3 is 0 Å². The zero-order chi connectivity index (χ0) is 16.6. The fourth-order valence-corrected chi connectivity index (χ4v) is 3.74. The van der Waals surface area contributed by atoms with Crippen LogP contribution in [-0.2, 0) is 9.53 Å². The first kappa shape index (κ1) is 15.7. The lowest BCUT2D eigenvalue weighted by atomic mass is 9.90. The normalized spacial score (nSPS) is 27.5. The summed E-state index contributed by atoms with van der Waals surface area (Å²) in [4.78, 5) is 24.6. The molecule has 3 heterocycles. The molecule has 1 aliphatic carbocycles. The molecular formula is C17H23FN4O2. The van der Waals surface area contributed by atoms with Crippen molar-refractivity contribution < 1.29 is 13.9 Å². The number of nitrogens with zero attached hydrogens (tertiary/aromatic N) is 4. The smallest absolute Gasteiger partial charge is 0.225 e. The van der Waals surface area contributed by atoms with Gasteiger partial charge in [0.15, 0.2) is 5.82 Å². The fraction of sp³-hybridized carbons (Fsp3) is 0.706. The summed E-state index contributed by atoms with van der Waals surface area (Å²) in [7, 11) is 0. The Morgan fingerprint density at radius 3 is 2.83 bits per heavy atom. The van der Waals surface area contributed by atoms with Crippen LogP contribution in [0.2, 0.25) is 0 Å². The average Bonchev–Trinajstić information content (AvgIpc) is 3.39. The Hall–Kier alpha value is -1.76. The van der Waals surface area contributed by atoms with Gasteiger partial charge in [0.25, 0.3) is 0 Å². The molecule has 0 radical (unpaired) electrons. The Morgan fingerprint density at radius 1 is 1.29 bits per heavy atom. The minimum absolute atomic E-state index is 0.260. The number of piperidine rings is 1. The van der Waals surface area contributed by atoms with Crippen molar-refractivity contribution in [3.8, 4) is 0 Å². The molecule has 1 aromatic heterocycles. The number of halogens is 1. The molecule has 3 aliphatic rings. The second kappa shape index (κ2) is 6.27. The highest BCUT2D eigenvalue weighted by Gasteiger charge is 2.42. The third kappa shape index (κ3) is 3.36. The molecule has 1 amide bonds. The molecule has 130 valence electrons. The van der Waals surface area contributed by atoms with Crippen LogP contribution < -0.4 is 4.90 Å². The van der Waals surface area contributed by atoms with Crippen LogP contribution in [0.4, 0.5) is 10.3 Å². The van der Waals surface area contributed by atoms with Gasteiger partial charge in [-0.05, 0) is 31.6 Å². The van der Waals surface area contributed by atoms with E-state index in [-0.39, 0.29) is 11.5 Å². The van der Waals surface area contributed by atoms with Crippen molar-refractivity contribution in [1.29, 1.82) is 0 Å². The van der Waals surface area contributed by atoms with Crippen molar-refractivity contribution in [2.75, 3.05) is 37.7 Å². The predicted octanol–water partition coefficient (Wildman–Crippen LogP) is 1.61. The van der Waals surface area contributed by atoms with Crippen LogP contribution >= 0.6 is 0 Å². The summed E-state index contributed by atoms with van der Waals surface area (Å²) < 4.78 is 19.2. The minimum Gasteiger partial charge on any atom is -0.369 e. The van der Waals surface area contributed by atoms with Gasteiger partial charge in [0.1, 0.15) is 5.60 Å². The summed E-state index contributed by atoms with van der Waals surface area (Å²) in [6.45, 7) is 3.36. The Bertz CT molecular complexity index is 603. The van der Waals surface area contributed by atoms with Crippen molar-refractivity contribution in [3.63, 3.8) is 0 Å². The maximum Gasteiger partial charge on any atom is 0.225 e. The molecule has 0 bridgehead atoms. The molecule has 24 heavy (non-hydrogen) atoms. The highest BCUT2D eigenvalue weighted by molar-refractivity contribution is 5.77. The van der Waals surface area contributed by atoms with Gasteiger partial charge in [0.2, 0.25) is 11.9 Å². The number of hydrogen-bond donors (Lipinski definition) is 0. The Balaban J connectivity index is 1.44. The van der Waals surface area contributed by atoms with Crippen LogP contribution in [0.15, 0.2) is 12.4 Å². The lowest BCUT2D eigenvalue weighted by Crippen LogP contribution is -2.61. The number of carbonyl (C=O) groups is 1. The van der Waals surface area contributed by atoms with Gasteiger partial charge in [-0.25, -0.2) is 14.4 Å². The summed E-state index contributed by atoms with van der Waals surface area (Å²) >= 11 is 0. The lowest BCUT2D eigenvalue weighted by molar-refractivity contribution is -0.152. The molecule has 4 rings (SSSR count). The SMILES string of the molecule is O=C(CC1CC1)N1CCO[C@@]2(CCCN(c3ncc(F)cn3)C2)C1. The molecule has 0 N–H and O–H groups in total. The molecule has 1 spiro atoms. The summed E-state index contributed by atoms with van der Waals surface area (Å²) in [6.07, 6.45) is 7.32. The molecule has 0 unspecified atom stereocenters. The van der Waals surface area contributed by atoms with E-state index in [1.54, 1.807) is 0 Å². The monoisotopic (exact) mass is 334 g/mol. The van der Waals surface area contributed by atoms with Crippen LogP contribution in [-0.4, -0.2) is 59.2 Å². The standard InChI is InChI=1S/C17H23FN4O2/c18-14-9-19-16(20-10-14)22-5-1-4-17(12-22)11-21(6-7-24-17)15(23)8-13-2-3-13/h9-10,13H,1-8,11-12H2/t17-/m0/s1. The van der Waals surface area contributed by atoms with Crippen molar-refractivity contribution in [3.05, 3.63) is 18.2 Å². The lowest BCUT2D eigenvalue weighted by Gasteiger charge is -2.48. The van der Waals surface area contributed by atoms with Gasteiger partial charge in [-0.3, -0.25) is 4.79 Å². The Morgan fingerprint density at radius 2 is 2.08 bits per heavy atom. The Labute approximate surface area is 141 Å². The first-order valence-electron chi connectivity index (χ1n) is 8.78. The highest BCUT2D eigenvalue weighted by atomic mass is 19.1. The molecule has 1 saturated carbocycles. The fourth-order valence-electron chi connectivity index (χ4n) is 3.74. The number of anilines is 1. The van der Waals surface area contributed by atoms with Crippen molar-refractivity contribution in [2.24, 2.45) is 5.92 Å². The zero-order valence-corrected chi connectivity index (χ0v) is 13.8. The average molecular weight is 334 g/mol. The second-order valence-corrected chi connectivity index (χ2v) is 7.22. The summed E-state index contributed by atoms with van der Waals surface area (Å²) in [5.41, 5.74) is -0.354. The number of morpholine rings is 1. The summed E-state index contributed by atoms with van der Waals surface area (Å²) in [5.74, 6) is 0.957. The molecule has 1 aromatic rings. The van der Waals surface area contributed by atoms with E-state index < -0.39 is 5.82 Å². The minimum atomic E-state index is -0.434. The van der Waals surface area contributed by atoms with E-state index >= 15 is 0 Å². The number of rotatable bonds is 3. The summed E-state index contributed by atoms with van der Waals surface area (Å²) in [6, 6.07) is 0. The van der Waals surface area contributed by atoms with Crippen LogP contribution in [0.3, 0.4) is 0 Å². The third-order valence-electron chi connectivity index (χ3n) is 5.19. The van der Waals surface area contributed by atoms with E-state index in [0.29, 0.717) is 44.5 Å². The highest BCUT2D eigenvalue weighted by Crippen LogP contribution is 2.35. The van der Waals surface area contributed by atoms with Crippen LogP contribution in [0.25, 0.3) is 0 Å². The van der Waals surface area contributed by atoms with E-state index in [4.69, 9.17) is 4.74 Å². The molecular weight excluding hydrogens is 311 g/mol. The Kier molecular flexibility index (Phi) is 4.12. The van der Waals surface area contributed by atoms with Crippen molar-refractivity contribution >= 4 is 11.9 Å². The largest absolute Gasteiger partial charge is 0.369 e. The first-order valence-corrected chi connectivity index (χ1v) is 8.78. The quantitative estimate of drug-likeness (QED) is 0.841. The number of hydrogen-bond acceptors (Lipinski definition) is 5. The van der Waals surface area contributed by atoms with Gasteiger partial charge < -0.3 is 14.5 Å². The zero-order valence-electron chi connectivity index (χ0n) is 13.8. The summed E-state index contributed by atoms with van der Waals surface area (Å²) in [5, 5.41) is 0. The molecule has 0 aromatic carbocycles. The van der Waals surface area contributed by atoms with Gasteiger partial charge in [0, 0.05) is 19.5 Å². The molecule has 7 heteroatoms. The van der Waals surface area contributed by atoms with Gasteiger partial charge in [-0.2, -0.15) is 0 Å². The van der Waals surface area contributed by atoms with Crippen LogP contribution in [0.5, 0.6) is 0 Å². The van der Waals surface area contributed by atoms with E-state index in [2.05, 4.69) is 9.97 Å². The van der Waals surface area contributed by atoms with Gasteiger partial charge in [-0.1, -0.05) is 0 Å². The molecule has 1 atom stereocenters. The van der Waals surface area contributed by atoms with E-state index in [1.807, 2.05) is 9.80 Å². The number of amides is 1. The maximum atomic E-state index is 13.0. The van der Waals surface area contributed by atoms with Gasteiger partial charge in [0.05, 0.1) is 32.1 Å². The third-order valence-corrected chi connectivity index (χ3v) is 5.19. The molecule has 2 aliphatic heterocycles. The topological polar surface area (TPSA) is 58.6 Å². The second-order valence-electron chi connectivity index (χ2n) is 7.22. The number of ether oxygens (including phenoxy) is 1. The number of aromatic nitrogens is 2. The van der Waals surface area contributed by atoms with Crippen molar-refractivity contribution in [2.45, 2.75) is 37.7 Å².